The van der Waals surface area contributed by atoms with Crippen molar-refractivity contribution in [1.82, 2.24) is 5.32 Å². The highest BCUT2D eigenvalue weighted by Gasteiger charge is 2.04. The van der Waals surface area contributed by atoms with Crippen LogP contribution >= 0.6 is 0 Å². The van der Waals surface area contributed by atoms with E-state index in [0.29, 0.717) is 12.0 Å². The van der Waals surface area contributed by atoms with Crippen LogP contribution in [-0.4, -0.2) is 13.0 Å². The summed E-state index contributed by atoms with van der Waals surface area (Å²) in [5.74, 6) is -0.369. The second-order valence-corrected chi connectivity index (χ2v) is 5.21. The first kappa shape index (κ1) is 20.4. The number of hydrogen-bond donors (Lipinski definition) is 1. The van der Waals surface area contributed by atoms with Crippen LogP contribution in [0.5, 0.6) is 0 Å². The first-order valence-corrected chi connectivity index (χ1v) is 8.27. The van der Waals surface area contributed by atoms with Crippen LogP contribution in [0.3, 0.4) is 0 Å². The molecule has 0 aromatic heterocycles. The van der Waals surface area contributed by atoms with Crippen LogP contribution in [0.1, 0.15) is 64.9 Å². The van der Waals surface area contributed by atoms with E-state index in [-0.39, 0.29) is 11.7 Å². The molecule has 124 valence electrons. The van der Waals surface area contributed by atoms with Gasteiger partial charge >= 0.3 is 0 Å². The highest BCUT2D eigenvalue weighted by molar-refractivity contribution is 5.97. The Morgan fingerprint density at radius 1 is 1.05 bits per heavy atom. The highest BCUT2D eigenvalue weighted by atomic mass is 19.1. The lowest BCUT2D eigenvalue weighted by atomic mass is 10.1. The summed E-state index contributed by atoms with van der Waals surface area (Å²) in [7, 11) is 1.59. The molecule has 0 bridgehead atoms. The molecule has 1 rings (SSSR count). The lowest BCUT2D eigenvalue weighted by Gasteiger charge is -2.02. The van der Waals surface area contributed by atoms with Gasteiger partial charge in [-0.2, -0.15) is 0 Å². The molecule has 22 heavy (non-hydrogen) atoms. The van der Waals surface area contributed by atoms with Crippen molar-refractivity contribution in [3.8, 4) is 0 Å². The standard InChI is InChI=1S/C12H14FNO.C7H16/c1-3-10(12(15)14-2)8-9-4-6-11(13)7-5-9;1-3-5-7-6-4-2/h4-8H,3H2,1-2H3,(H,14,15);3-7H2,1-2H3/b10-8+;. The van der Waals surface area contributed by atoms with Crippen LogP contribution in [0, 0.1) is 5.82 Å². The van der Waals surface area contributed by atoms with Gasteiger partial charge in [-0.1, -0.05) is 65.0 Å². The fraction of sp³-hybridized carbons (Fsp3) is 0.526. The third kappa shape index (κ3) is 9.32. The molecule has 1 aromatic rings. The Labute approximate surface area is 134 Å². The largest absolute Gasteiger partial charge is 0.355 e. The van der Waals surface area contributed by atoms with Gasteiger partial charge in [0.2, 0.25) is 5.91 Å². The number of rotatable bonds is 7. The van der Waals surface area contributed by atoms with Crippen LogP contribution in [0.4, 0.5) is 4.39 Å². The molecule has 0 aliphatic rings. The van der Waals surface area contributed by atoms with Gasteiger partial charge in [0.1, 0.15) is 5.82 Å². The Morgan fingerprint density at radius 2 is 1.59 bits per heavy atom. The van der Waals surface area contributed by atoms with E-state index in [1.807, 2.05) is 6.92 Å². The number of halogens is 1. The van der Waals surface area contributed by atoms with Gasteiger partial charge in [0, 0.05) is 12.6 Å². The predicted molar refractivity (Wildman–Crippen MR) is 93.2 cm³/mol. The summed E-state index contributed by atoms with van der Waals surface area (Å²) < 4.78 is 12.6. The summed E-state index contributed by atoms with van der Waals surface area (Å²) in [6, 6.07) is 6.05. The maximum atomic E-state index is 12.6. The predicted octanol–water partition coefficient (Wildman–Crippen LogP) is 5.34. The fourth-order valence-electron chi connectivity index (χ4n) is 1.93. The minimum atomic E-state index is -0.273. The number of carbonyl (C=O) groups excluding carboxylic acids is 1. The molecule has 0 heterocycles. The van der Waals surface area contributed by atoms with Gasteiger partial charge in [-0.3, -0.25) is 4.79 Å². The van der Waals surface area contributed by atoms with Gasteiger partial charge in [-0.15, -0.1) is 0 Å². The minimum Gasteiger partial charge on any atom is -0.355 e. The molecule has 0 atom stereocenters. The van der Waals surface area contributed by atoms with Crippen LogP contribution in [0.2, 0.25) is 0 Å². The molecule has 0 saturated heterocycles. The number of hydrogen-bond acceptors (Lipinski definition) is 1. The van der Waals surface area contributed by atoms with Gasteiger partial charge in [0.25, 0.3) is 0 Å². The first-order valence-electron chi connectivity index (χ1n) is 8.27. The quantitative estimate of drug-likeness (QED) is 0.534. The monoisotopic (exact) mass is 307 g/mol. The summed E-state index contributed by atoms with van der Waals surface area (Å²) in [5.41, 5.74) is 1.51. The van der Waals surface area contributed by atoms with E-state index in [1.165, 1.54) is 44.2 Å². The lowest BCUT2D eigenvalue weighted by Crippen LogP contribution is -2.19. The van der Waals surface area contributed by atoms with Crippen LogP contribution in [-0.2, 0) is 4.79 Å². The van der Waals surface area contributed by atoms with E-state index in [4.69, 9.17) is 0 Å². The molecule has 1 amide bonds. The Kier molecular flexibility index (Phi) is 12.1. The molecule has 2 nitrogen and oxygen atoms in total. The smallest absolute Gasteiger partial charge is 0.246 e. The number of likely N-dealkylation sites (N-methyl/N-ethyl adjacent to an activating group) is 1. The maximum Gasteiger partial charge on any atom is 0.246 e. The molecule has 0 fully saturated rings. The van der Waals surface area contributed by atoms with Crippen LogP contribution < -0.4 is 5.32 Å². The van der Waals surface area contributed by atoms with E-state index in [2.05, 4.69) is 19.2 Å². The molecule has 0 spiro atoms. The van der Waals surface area contributed by atoms with Gasteiger partial charge in [-0.25, -0.2) is 4.39 Å². The molecule has 1 N–H and O–H groups in total. The second kappa shape index (κ2) is 13.1. The van der Waals surface area contributed by atoms with Crippen molar-refractivity contribution in [3.05, 3.63) is 41.2 Å². The Hall–Kier alpha value is -1.64. The summed E-state index contributed by atoms with van der Waals surface area (Å²) in [5, 5.41) is 2.57. The third-order valence-electron chi connectivity index (χ3n) is 3.32. The molecule has 0 unspecified atom stereocenters. The van der Waals surface area contributed by atoms with Crippen LogP contribution in [0.15, 0.2) is 29.8 Å². The molecule has 0 radical (unpaired) electrons. The maximum absolute atomic E-state index is 12.6. The summed E-state index contributed by atoms with van der Waals surface area (Å²) in [6.07, 6.45) is 9.42. The van der Waals surface area contributed by atoms with Crippen molar-refractivity contribution in [2.75, 3.05) is 7.05 Å². The topological polar surface area (TPSA) is 29.1 Å². The number of amides is 1. The average Bonchev–Trinajstić information content (AvgIpc) is 2.54. The van der Waals surface area contributed by atoms with Crippen molar-refractivity contribution >= 4 is 12.0 Å². The van der Waals surface area contributed by atoms with Gasteiger partial charge < -0.3 is 5.32 Å². The summed E-state index contributed by atoms with van der Waals surface area (Å²) >= 11 is 0. The van der Waals surface area contributed by atoms with Crippen LogP contribution in [0.25, 0.3) is 6.08 Å². The zero-order valence-corrected chi connectivity index (χ0v) is 14.4. The Balaban J connectivity index is 0.000000534. The molecule has 0 aliphatic carbocycles. The van der Waals surface area contributed by atoms with E-state index in [9.17, 15) is 9.18 Å². The van der Waals surface area contributed by atoms with Gasteiger partial charge in [0.05, 0.1) is 0 Å². The van der Waals surface area contributed by atoms with Crippen molar-refractivity contribution < 1.29 is 9.18 Å². The van der Waals surface area contributed by atoms with E-state index in [1.54, 1.807) is 25.3 Å². The van der Waals surface area contributed by atoms with E-state index >= 15 is 0 Å². The zero-order valence-electron chi connectivity index (χ0n) is 14.4. The molecular formula is C19H30FNO. The van der Waals surface area contributed by atoms with E-state index < -0.39 is 0 Å². The highest BCUT2D eigenvalue weighted by Crippen LogP contribution is 2.10. The zero-order chi connectivity index (χ0) is 16.8. The summed E-state index contributed by atoms with van der Waals surface area (Å²) in [4.78, 5) is 11.4. The summed E-state index contributed by atoms with van der Waals surface area (Å²) in [6.45, 7) is 6.40. The minimum absolute atomic E-state index is 0.0955. The molecule has 0 saturated carbocycles. The second-order valence-electron chi connectivity index (χ2n) is 5.21. The Morgan fingerprint density at radius 3 is 2.00 bits per heavy atom. The van der Waals surface area contributed by atoms with Gasteiger partial charge in [0.15, 0.2) is 0 Å². The van der Waals surface area contributed by atoms with Crippen molar-refractivity contribution in [1.29, 1.82) is 0 Å². The third-order valence-corrected chi connectivity index (χ3v) is 3.32. The molecule has 3 heteroatoms. The Bertz CT molecular complexity index is 433. The lowest BCUT2D eigenvalue weighted by molar-refractivity contribution is -0.117. The first-order chi connectivity index (χ1) is 10.6. The van der Waals surface area contributed by atoms with Crippen molar-refractivity contribution in [3.63, 3.8) is 0 Å². The number of nitrogens with one attached hydrogen (secondary N) is 1. The van der Waals surface area contributed by atoms with Crippen molar-refractivity contribution in [2.24, 2.45) is 0 Å². The normalized spacial score (nSPS) is 10.7. The molecular weight excluding hydrogens is 277 g/mol. The number of carbonyl (C=O) groups is 1. The molecule has 1 aromatic carbocycles. The number of benzene rings is 1. The SMILES string of the molecule is CC/C(=C\c1ccc(F)cc1)C(=O)NC.CCCCCCC. The van der Waals surface area contributed by atoms with Crippen molar-refractivity contribution in [2.45, 2.75) is 59.3 Å². The van der Waals surface area contributed by atoms with Gasteiger partial charge in [-0.05, 0) is 30.2 Å². The molecule has 0 aliphatic heterocycles. The van der Waals surface area contributed by atoms with E-state index in [0.717, 1.165) is 5.56 Å². The number of unbranched alkanes of at least 4 members (excludes halogenated alkanes) is 4. The average molecular weight is 307 g/mol. The fourth-order valence-corrected chi connectivity index (χ4v) is 1.93.